The second kappa shape index (κ2) is 3.50. The molecule has 2 rings (SSSR count). The summed E-state index contributed by atoms with van der Waals surface area (Å²) < 4.78 is 1.14. The van der Waals surface area contributed by atoms with Crippen LogP contribution >= 0.6 is 11.3 Å². The minimum atomic E-state index is 0.396. The Labute approximate surface area is 86.6 Å². The lowest BCUT2D eigenvalue weighted by Crippen LogP contribution is -1.91. The van der Waals surface area contributed by atoms with Gasteiger partial charge in [-0.3, -0.25) is 9.78 Å². The molecule has 0 aromatic carbocycles. The fourth-order valence-electron chi connectivity index (χ4n) is 1.52. The molecule has 72 valence electrons. The molecular formula is C11H11NOS. The van der Waals surface area contributed by atoms with E-state index in [1.807, 2.05) is 18.3 Å². The molecule has 0 aliphatic rings. The SMILES string of the molecule is CC(C)c1nccc2sc(C=O)cc12. The van der Waals surface area contributed by atoms with Crippen LogP contribution in [0, 0.1) is 0 Å². The van der Waals surface area contributed by atoms with Gasteiger partial charge < -0.3 is 0 Å². The van der Waals surface area contributed by atoms with Crippen molar-refractivity contribution in [2.45, 2.75) is 19.8 Å². The first-order valence-corrected chi connectivity index (χ1v) is 5.37. The molecule has 0 atom stereocenters. The molecule has 3 heteroatoms. The summed E-state index contributed by atoms with van der Waals surface area (Å²) in [7, 11) is 0. The Bertz CT molecular complexity index is 473. The predicted octanol–water partition coefficient (Wildman–Crippen LogP) is 3.23. The molecule has 0 saturated heterocycles. The molecule has 0 aliphatic carbocycles. The lowest BCUT2D eigenvalue weighted by atomic mass is 10.1. The summed E-state index contributed by atoms with van der Waals surface area (Å²) in [5.41, 5.74) is 1.08. The van der Waals surface area contributed by atoms with Crippen molar-refractivity contribution in [2.75, 3.05) is 0 Å². The number of thiophene rings is 1. The molecule has 0 bridgehead atoms. The standard InChI is InChI=1S/C11H11NOS/c1-7(2)11-9-5-8(6-13)14-10(9)3-4-12-11/h3-7H,1-2H3. The van der Waals surface area contributed by atoms with Crippen LogP contribution in [-0.4, -0.2) is 11.3 Å². The topological polar surface area (TPSA) is 30.0 Å². The van der Waals surface area contributed by atoms with Crippen LogP contribution in [0.25, 0.3) is 10.1 Å². The quantitative estimate of drug-likeness (QED) is 0.704. The highest BCUT2D eigenvalue weighted by atomic mass is 32.1. The summed E-state index contributed by atoms with van der Waals surface area (Å²) in [5, 5.41) is 1.12. The smallest absolute Gasteiger partial charge is 0.160 e. The average Bonchev–Trinajstić information content (AvgIpc) is 2.59. The Morgan fingerprint density at radius 2 is 2.29 bits per heavy atom. The summed E-state index contributed by atoms with van der Waals surface area (Å²) in [5.74, 6) is 0.396. The van der Waals surface area contributed by atoms with Gasteiger partial charge in [0.05, 0.1) is 10.6 Å². The van der Waals surface area contributed by atoms with Crippen LogP contribution in [0.3, 0.4) is 0 Å². The molecule has 2 heterocycles. The van der Waals surface area contributed by atoms with Gasteiger partial charge in [0.2, 0.25) is 0 Å². The van der Waals surface area contributed by atoms with Crippen molar-refractivity contribution < 1.29 is 4.79 Å². The monoisotopic (exact) mass is 205 g/mol. The number of pyridine rings is 1. The maximum atomic E-state index is 10.6. The number of carbonyl (C=O) groups excluding carboxylic acids is 1. The summed E-state index contributed by atoms with van der Waals surface area (Å²) in [6.45, 7) is 4.22. The van der Waals surface area contributed by atoms with Gasteiger partial charge in [0, 0.05) is 16.3 Å². The lowest BCUT2D eigenvalue weighted by Gasteiger charge is -2.04. The molecule has 0 aliphatic heterocycles. The number of nitrogens with zero attached hydrogens (tertiary/aromatic N) is 1. The molecule has 0 unspecified atom stereocenters. The van der Waals surface area contributed by atoms with E-state index in [9.17, 15) is 4.79 Å². The maximum absolute atomic E-state index is 10.6. The normalized spacial score (nSPS) is 11.1. The molecule has 2 nitrogen and oxygen atoms in total. The first kappa shape index (κ1) is 9.34. The fraction of sp³-hybridized carbons (Fsp3) is 0.273. The van der Waals surface area contributed by atoms with Crippen LogP contribution in [0.2, 0.25) is 0 Å². The first-order valence-electron chi connectivity index (χ1n) is 4.56. The van der Waals surface area contributed by atoms with E-state index in [0.717, 1.165) is 26.9 Å². The number of rotatable bonds is 2. The van der Waals surface area contributed by atoms with Gasteiger partial charge in [-0.1, -0.05) is 13.8 Å². The highest BCUT2D eigenvalue weighted by Crippen LogP contribution is 2.29. The summed E-state index contributed by atoms with van der Waals surface area (Å²) in [6, 6.07) is 3.88. The number of aldehydes is 1. The Morgan fingerprint density at radius 3 is 2.93 bits per heavy atom. The van der Waals surface area contributed by atoms with Crippen molar-refractivity contribution in [3.05, 3.63) is 28.9 Å². The third-order valence-electron chi connectivity index (χ3n) is 2.16. The van der Waals surface area contributed by atoms with Gasteiger partial charge in [-0.25, -0.2) is 0 Å². The van der Waals surface area contributed by atoms with Crippen molar-refractivity contribution in [1.29, 1.82) is 0 Å². The van der Waals surface area contributed by atoms with Gasteiger partial charge in [-0.15, -0.1) is 11.3 Å². The van der Waals surface area contributed by atoms with Crippen molar-refractivity contribution >= 4 is 27.7 Å². The van der Waals surface area contributed by atoms with E-state index in [4.69, 9.17) is 0 Å². The molecule has 0 radical (unpaired) electrons. The van der Waals surface area contributed by atoms with Gasteiger partial charge in [-0.2, -0.15) is 0 Å². The van der Waals surface area contributed by atoms with Gasteiger partial charge >= 0.3 is 0 Å². The van der Waals surface area contributed by atoms with Crippen LogP contribution < -0.4 is 0 Å². The fourth-order valence-corrected chi connectivity index (χ4v) is 2.40. The van der Waals surface area contributed by atoms with Crippen molar-refractivity contribution in [3.63, 3.8) is 0 Å². The Balaban J connectivity index is 2.72. The third kappa shape index (κ3) is 1.44. The summed E-state index contributed by atoms with van der Waals surface area (Å²) in [4.78, 5) is 15.8. The number of aromatic nitrogens is 1. The third-order valence-corrected chi connectivity index (χ3v) is 3.18. The molecule has 14 heavy (non-hydrogen) atoms. The zero-order valence-electron chi connectivity index (χ0n) is 8.15. The molecule has 0 spiro atoms. The minimum absolute atomic E-state index is 0.396. The van der Waals surface area contributed by atoms with E-state index in [0.29, 0.717) is 5.92 Å². The molecule has 0 saturated carbocycles. The van der Waals surface area contributed by atoms with Crippen molar-refractivity contribution in [1.82, 2.24) is 4.98 Å². The first-order chi connectivity index (χ1) is 6.72. The second-order valence-corrected chi connectivity index (χ2v) is 4.64. The molecule has 0 amide bonds. The Kier molecular flexibility index (Phi) is 2.33. The van der Waals surface area contributed by atoms with E-state index >= 15 is 0 Å². The van der Waals surface area contributed by atoms with Gasteiger partial charge in [0.15, 0.2) is 6.29 Å². The lowest BCUT2D eigenvalue weighted by molar-refractivity contribution is 0.112. The molecular weight excluding hydrogens is 194 g/mol. The largest absolute Gasteiger partial charge is 0.297 e. The molecule has 2 aromatic heterocycles. The highest BCUT2D eigenvalue weighted by molar-refractivity contribution is 7.20. The second-order valence-electron chi connectivity index (χ2n) is 3.53. The van der Waals surface area contributed by atoms with Gasteiger partial charge in [-0.05, 0) is 18.1 Å². The van der Waals surface area contributed by atoms with Crippen LogP contribution in [0.15, 0.2) is 18.3 Å². The summed E-state index contributed by atoms with van der Waals surface area (Å²) in [6.07, 6.45) is 2.71. The highest BCUT2D eigenvalue weighted by Gasteiger charge is 2.09. The zero-order chi connectivity index (χ0) is 10.1. The number of hydrogen-bond acceptors (Lipinski definition) is 3. The number of carbonyl (C=O) groups is 1. The van der Waals surface area contributed by atoms with Crippen molar-refractivity contribution in [3.8, 4) is 0 Å². The van der Waals surface area contributed by atoms with Crippen LogP contribution in [-0.2, 0) is 0 Å². The number of fused-ring (bicyclic) bond motifs is 1. The van der Waals surface area contributed by atoms with E-state index < -0.39 is 0 Å². The van der Waals surface area contributed by atoms with E-state index in [1.165, 1.54) is 11.3 Å². The number of hydrogen-bond donors (Lipinski definition) is 0. The molecule has 0 fully saturated rings. The van der Waals surface area contributed by atoms with Crippen LogP contribution in [0.5, 0.6) is 0 Å². The maximum Gasteiger partial charge on any atom is 0.160 e. The molecule has 2 aromatic rings. The van der Waals surface area contributed by atoms with Crippen molar-refractivity contribution in [2.24, 2.45) is 0 Å². The summed E-state index contributed by atoms with van der Waals surface area (Å²) >= 11 is 1.52. The zero-order valence-corrected chi connectivity index (χ0v) is 8.97. The van der Waals surface area contributed by atoms with E-state index in [-0.39, 0.29) is 0 Å². The Morgan fingerprint density at radius 1 is 1.50 bits per heavy atom. The predicted molar refractivity (Wildman–Crippen MR) is 59.1 cm³/mol. The van der Waals surface area contributed by atoms with Crippen LogP contribution in [0.1, 0.15) is 35.1 Å². The van der Waals surface area contributed by atoms with Gasteiger partial charge in [0.25, 0.3) is 0 Å². The minimum Gasteiger partial charge on any atom is -0.297 e. The van der Waals surface area contributed by atoms with E-state index in [1.54, 1.807) is 0 Å². The molecule has 0 N–H and O–H groups in total. The van der Waals surface area contributed by atoms with E-state index in [2.05, 4.69) is 18.8 Å². The Hall–Kier alpha value is -1.22. The average molecular weight is 205 g/mol. The van der Waals surface area contributed by atoms with Crippen LogP contribution in [0.4, 0.5) is 0 Å². The van der Waals surface area contributed by atoms with Gasteiger partial charge in [0.1, 0.15) is 0 Å².